The third kappa shape index (κ3) is 3.23. The number of hydrogen-bond donors (Lipinski definition) is 3. The average Bonchev–Trinajstić information content (AvgIpc) is 3.35. The Bertz CT molecular complexity index is 760. The summed E-state index contributed by atoms with van der Waals surface area (Å²) in [6.45, 7) is 0.542. The molecule has 7 heteroatoms. The molecule has 6 nitrogen and oxygen atoms in total. The van der Waals surface area contributed by atoms with Crippen LogP contribution in [-0.2, 0) is 0 Å². The molecule has 1 aliphatic carbocycles. The summed E-state index contributed by atoms with van der Waals surface area (Å²) in [6, 6.07) is 9.32. The van der Waals surface area contributed by atoms with Gasteiger partial charge in [0.15, 0.2) is 0 Å². The number of pyridine rings is 1. The number of hydrogen-bond acceptors (Lipinski definition) is 4. The zero-order valence-electron chi connectivity index (χ0n) is 13.3. The third-order valence-corrected chi connectivity index (χ3v) is 4.81. The fourth-order valence-corrected chi connectivity index (χ4v) is 2.87. The molecule has 0 saturated heterocycles. The number of carbonyl (C=O) groups is 1. The van der Waals surface area contributed by atoms with Gasteiger partial charge in [0.05, 0.1) is 17.4 Å². The number of nitrogens with one attached hydrogen (secondary N) is 1. The average molecular weight is 347 g/mol. The molecule has 1 aromatic carbocycles. The smallest absolute Gasteiger partial charge is 0.407 e. The molecule has 1 aliphatic rings. The van der Waals surface area contributed by atoms with E-state index in [1.165, 1.54) is 4.90 Å². The van der Waals surface area contributed by atoms with E-state index in [4.69, 9.17) is 22.4 Å². The maximum Gasteiger partial charge on any atom is 0.407 e. The number of halogens is 1. The van der Waals surface area contributed by atoms with Crippen molar-refractivity contribution in [3.63, 3.8) is 0 Å². The van der Waals surface area contributed by atoms with Crippen LogP contribution >= 0.6 is 11.6 Å². The molecule has 1 saturated carbocycles. The second-order valence-electron chi connectivity index (χ2n) is 6.10. The number of aromatic nitrogens is 1. The monoisotopic (exact) mass is 346 g/mol. The van der Waals surface area contributed by atoms with Crippen LogP contribution in [0.15, 0.2) is 36.5 Å². The molecule has 0 spiro atoms. The van der Waals surface area contributed by atoms with Crippen LogP contribution in [0.3, 0.4) is 0 Å². The number of rotatable bonds is 5. The van der Waals surface area contributed by atoms with Crippen molar-refractivity contribution in [2.24, 2.45) is 0 Å². The molecule has 4 N–H and O–H groups in total. The number of anilines is 2. The highest BCUT2D eigenvalue weighted by Gasteiger charge is 2.48. The van der Waals surface area contributed by atoms with Crippen LogP contribution in [0, 0.1) is 0 Å². The maximum atomic E-state index is 11.2. The van der Waals surface area contributed by atoms with E-state index in [0.29, 0.717) is 17.4 Å². The van der Waals surface area contributed by atoms with Gasteiger partial charge >= 0.3 is 6.09 Å². The van der Waals surface area contributed by atoms with Gasteiger partial charge in [0.1, 0.15) is 5.15 Å². The van der Waals surface area contributed by atoms with Gasteiger partial charge in [0.25, 0.3) is 0 Å². The predicted octanol–water partition coefficient (Wildman–Crippen LogP) is 3.54. The highest BCUT2D eigenvalue weighted by atomic mass is 35.5. The topological polar surface area (TPSA) is 91.5 Å². The van der Waals surface area contributed by atoms with Gasteiger partial charge in [-0.2, -0.15) is 0 Å². The van der Waals surface area contributed by atoms with Crippen molar-refractivity contribution >= 4 is 29.1 Å². The molecule has 1 aromatic heterocycles. The highest BCUT2D eigenvalue weighted by Crippen LogP contribution is 2.41. The van der Waals surface area contributed by atoms with Crippen LogP contribution in [0.25, 0.3) is 11.1 Å². The molecular formula is C17H19ClN4O2. The SMILES string of the molecule is CN(C(=O)O)C1(CNc2cnc(Cl)c(-c3ccc(N)cc3)c2)CC1. The third-order valence-electron chi connectivity index (χ3n) is 4.51. The first-order valence-corrected chi connectivity index (χ1v) is 8.01. The summed E-state index contributed by atoms with van der Waals surface area (Å²) < 4.78 is 0. The van der Waals surface area contributed by atoms with Gasteiger partial charge in [0.2, 0.25) is 0 Å². The maximum absolute atomic E-state index is 11.2. The lowest BCUT2D eigenvalue weighted by molar-refractivity contribution is 0.135. The summed E-state index contributed by atoms with van der Waals surface area (Å²) in [5.41, 5.74) is 8.60. The van der Waals surface area contributed by atoms with E-state index < -0.39 is 6.09 Å². The van der Waals surface area contributed by atoms with Crippen molar-refractivity contribution < 1.29 is 9.90 Å². The van der Waals surface area contributed by atoms with Crippen molar-refractivity contribution in [3.8, 4) is 11.1 Å². The summed E-state index contributed by atoms with van der Waals surface area (Å²) in [4.78, 5) is 16.8. The Morgan fingerprint density at radius 2 is 2.08 bits per heavy atom. The molecule has 24 heavy (non-hydrogen) atoms. The van der Waals surface area contributed by atoms with E-state index in [0.717, 1.165) is 29.7 Å². The van der Waals surface area contributed by atoms with Gasteiger partial charge in [-0.3, -0.25) is 0 Å². The normalized spacial score (nSPS) is 14.9. The zero-order chi connectivity index (χ0) is 17.3. The minimum atomic E-state index is -0.911. The molecule has 0 unspecified atom stereocenters. The first kappa shape index (κ1) is 16.4. The van der Waals surface area contributed by atoms with Crippen LogP contribution in [-0.4, -0.2) is 40.2 Å². The van der Waals surface area contributed by atoms with Crippen LogP contribution in [0.1, 0.15) is 12.8 Å². The largest absolute Gasteiger partial charge is 0.465 e. The first-order valence-electron chi connectivity index (χ1n) is 7.63. The summed E-state index contributed by atoms with van der Waals surface area (Å²) in [7, 11) is 1.61. The Morgan fingerprint density at radius 1 is 1.42 bits per heavy atom. The number of benzene rings is 1. The molecule has 2 aromatic rings. The quantitative estimate of drug-likeness (QED) is 0.569. The molecule has 0 aliphatic heterocycles. The summed E-state index contributed by atoms with van der Waals surface area (Å²) in [5, 5.41) is 12.9. The molecule has 1 fully saturated rings. The molecule has 0 bridgehead atoms. The fourth-order valence-electron chi connectivity index (χ4n) is 2.65. The van der Waals surface area contributed by atoms with E-state index in [-0.39, 0.29) is 5.54 Å². The van der Waals surface area contributed by atoms with Gasteiger partial charge in [-0.15, -0.1) is 0 Å². The molecule has 3 rings (SSSR count). The van der Waals surface area contributed by atoms with E-state index >= 15 is 0 Å². The van der Waals surface area contributed by atoms with Gasteiger partial charge in [0, 0.05) is 24.8 Å². The van der Waals surface area contributed by atoms with Crippen LogP contribution in [0.5, 0.6) is 0 Å². The van der Waals surface area contributed by atoms with Crippen LogP contribution in [0.4, 0.5) is 16.2 Å². The van der Waals surface area contributed by atoms with Crippen LogP contribution < -0.4 is 11.1 Å². The standard InChI is InChI=1S/C17H19ClN4O2/c1-22(16(23)24)17(6-7-17)10-21-13-8-14(15(18)20-9-13)11-2-4-12(19)5-3-11/h2-5,8-9,21H,6-7,10,19H2,1H3,(H,23,24). The van der Waals surface area contributed by atoms with Crippen molar-refractivity contribution in [1.82, 2.24) is 9.88 Å². The Hall–Kier alpha value is -2.47. The lowest BCUT2D eigenvalue weighted by atomic mass is 10.1. The number of likely N-dealkylation sites (N-methyl/N-ethyl adjacent to an activating group) is 1. The summed E-state index contributed by atoms with van der Waals surface area (Å²) in [5.74, 6) is 0. The number of nitrogen functional groups attached to an aromatic ring is 1. The van der Waals surface area contributed by atoms with Gasteiger partial charge in [-0.05, 0) is 36.6 Å². The van der Waals surface area contributed by atoms with Crippen LogP contribution in [0.2, 0.25) is 5.15 Å². The van der Waals surface area contributed by atoms with Crippen molar-refractivity contribution in [1.29, 1.82) is 0 Å². The Kier molecular flexibility index (Phi) is 4.24. The van der Waals surface area contributed by atoms with Crippen molar-refractivity contribution in [3.05, 3.63) is 41.7 Å². The number of nitrogens with zero attached hydrogens (tertiary/aromatic N) is 2. The van der Waals surface area contributed by atoms with Crippen molar-refractivity contribution in [2.45, 2.75) is 18.4 Å². The van der Waals surface area contributed by atoms with Gasteiger partial charge < -0.3 is 21.1 Å². The van der Waals surface area contributed by atoms with Gasteiger partial charge in [-0.1, -0.05) is 23.7 Å². The highest BCUT2D eigenvalue weighted by molar-refractivity contribution is 6.32. The first-order chi connectivity index (χ1) is 11.4. The Labute approximate surface area is 145 Å². The lowest BCUT2D eigenvalue weighted by Crippen LogP contribution is -2.42. The molecule has 1 heterocycles. The molecule has 0 atom stereocenters. The Morgan fingerprint density at radius 3 is 2.67 bits per heavy atom. The lowest BCUT2D eigenvalue weighted by Gasteiger charge is -2.26. The van der Waals surface area contributed by atoms with E-state index in [1.807, 2.05) is 30.3 Å². The molecule has 0 radical (unpaired) electrons. The Balaban J connectivity index is 1.77. The minimum Gasteiger partial charge on any atom is -0.465 e. The predicted molar refractivity (Wildman–Crippen MR) is 95.3 cm³/mol. The number of amides is 1. The van der Waals surface area contributed by atoms with E-state index in [1.54, 1.807) is 13.2 Å². The fraction of sp³-hybridized carbons (Fsp3) is 0.294. The second kappa shape index (κ2) is 6.20. The molecule has 126 valence electrons. The minimum absolute atomic E-state index is 0.327. The molecule has 1 amide bonds. The zero-order valence-corrected chi connectivity index (χ0v) is 14.0. The summed E-state index contributed by atoms with van der Waals surface area (Å²) >= 11 is 6.21. The summed E-state index contributed by atoms with van der Waals surface area (Å²) in [6.07, 6.45) is 2.45. The van der Waals surface area contributed by atoms with Crippen molar-refractivity contribution in [2.75, 3.05) is 24.6 Å². The number of nitrogens with two attached hydrogens (primary N) is 1. The van der Waals surface area contributed by atoms with Gasteiger partial charge in [-0.25, -0.2) is 9.78 Å². The van der Waals surface area contributed by atoms with E-state index in [9.17, 15) is 4.79 Å². The second-order valence-corrected chi connectivity index (χ2v) is 6.46. The molecular weight excluding hydrogens is 328 g/mol. The number of carboxylic acid groups (broad SMARTS) is 1. The van der Waals surface area contributed by atoms with E-state index in [2.05, 4.69) is 10.3 Å².